The van der Waals surface area contributed by atoms with Crippen LogP contribution < -0.4 is 10.2 Å². The van der Waals surface area contributed by atoms with E-state index in [1.54, 1.807) is 18.4 Å². The monoisotopic (exact) mass is 313 g/mol. The van der Waals surface area contributed by atoms with Crippen molar-refractivity contribution in [2.75, 3.05) is 25.7 Å². The topological polar surface area (TPSA) is 46.6 Å². The zero-order chi connectivity index (χ0) is 15.4. The zero-order valence-electron chi connectivity index (χ0n) is 13.7. The molecule has 1 saturated heterocycles. The van der Waals surface area contributed by atoms with Gasteiger partial charge in [-0.15, -0.1) is 11.3 Å². The Kier molecular flexibility index (Phi) is 5.98. The summed E-state index contributed by atoms with van der Waals surface area (Å²) in [6, 6.07) is 0.879. The average molecular weight is 313 g/mol. The Morgan fingerprint density at radius 3 is 2.86 bits per heavy atom. The van der Waals surface area contributed by atoms with Crippen molar-refractivity contribution in [3.05, 3.63) is 10.6 Å². The Morgan fingerprint density at radius 1 is 1.52 bits per heavy atom. The number of hydrogen-bond acceptors (Lipinski definition) is 6. The highest BCUT2D eigenvalue weighted by Gasteiger charge is 2.30. The molecule has 1 aliphatic rings. The third kappa shape index (κ3) is 4.16. The van der Waals surface area contributed by atoms with Crippen molar-refractivity contribution in [1.82, 2.24) is 10.3 Å². The normalized spacial score (nSPS) is 22.2. The minimum Gasteiger partial charge on any atom is -0.378 e. The average Bonchev–Trinajstić information content (AvgIpc) is 3.03. The van der Waals surface area contributed by atoms with E-state index in [0.29, 0.717) is 18.7 Å². The van der Waals surface area contributed by atoms with Gasteiger partial charge in [0, 0.05) is 38.2 Å². The molecular weight excluding hydrogens is 286 g/mol. The number of likely N-dealkylation sites (N-methyl/N-ethyl adjacent to an activating group) is 1. The van der Waals surface area contributed by atoms with Gasteiger partial charge in [0.15, 0.2) is 5.13 Å². The van der Waals surface area contributed by atoms with Crippen molar-refractivity contribution in [3.63, 3.8) is 0 Å². The molecule has 0 spiro atoms. The molecule has 1 aromatic rings. The van der Waals surface area contributed by atoms with E-state index in [4.69, 9.17) is 14.5 Å². The first-order valence-electron chi connectivity index (χ1n) is 7.58. The smallest absolute Gasteiger partial charge is 0.185 e. The fraction of sp³-hybridized carbons (Fsp3) is 0.800. The summed E-state index contributed by atoms with van der Waals surface area (Å²) in [6.07, 6.45) is 1.33. The molecule has 1 aliphatic heterocycles. The molecule has 1 fully saturated rings. The Hall–Kier alpha value is -0.690. The number of thiazole rings is 1. The summed E-state index contributed by atoms with van der Waals surface area (Å²) in [4.78, 5) is 8.31. The second-order valence-electron chi connectivity index (χ2n) is 5.88. The van der Waals surface area contributed by atoms with Crippen molar-refractivity contribution < 1.29 is 9.47 Å². The van der Waals surface area contributed by atoms with E-state index >= 15 is 0 Å². The van der Waals surface area contributed by atoms with Gasteiger partial charge in [0.2, 0.25) is 0 Å². The molecule has 0 amide bonds. The highest BCUT2D eigenvalue weighted by molar-refractivity contribution is 7.15. The maximum absolute atomic E-state index is 5.67. The van der Waals surface area contributed by atoms with E-state index in [1.807, 2.05) is 0 Å². The first-order chi connectivity index (χ1) is 10.0. The standard InChI is InChI=1S/C15H27N3O2S/c1-10(2)16-8-14-12(9-19-5)17-15(21-14)18(4)13-6-7-20-11(13)3/h10-11,13,16H,6-9H2,1-5H3. The Balaban J connectivity index is 2.13. The quantitative estimate of drug-likeness (QED) is 0.837. The van der Waals surface area contributed by atoms with Crippen LogP contribution in [0.3, 0.4) is 0 Å². The largest absolute Gasteiger partial charge is 0.378 e. The van der Waals surface area contributed by atoms with Gasteiger partial charge in [0.25, 0.3) is 0 Å². The molecule has 0 aromatic carbocycles. The SMILES string of the molecule is COCc1nc(N(C)C2CCOC2C)sc1CNC(C)C. The first kappa shape index (κ1) is 16.7. The van der Waals surface area contributed by atoms with Gasteiger partial charge in [-0.25, -0.2) is 4.98 Å². The lowest BCUT2D eigenvalue weighted by Gasteiger charge is -2.26. The minimum absolute atomic E-state index is 0.266. The fourth-order valence-corrected chi connectivity index (χ4v) is 3.61. The molecule has 120 valence electrons. The van der Waals surface area contributed by atoms with Crippen LogP contribution >= 0.6 is 11.3 Å². The molecule has 2 unspecified atom stereocenters. The number of anilines is 1. The van der Waals surface area contributed by atoms with Crippen LogP contribution in [0.1, 0.15) is 37.8 Å². The number of hydrogen-bond donors (Lipinski definition) is 1. The first-order valence-corrected chi connectivity index (χ1v) is 8.40. The van der Waals surface area contributed by atoms with Crippen LogP contribution in [0, 0.1) is 0 Å². The predicted molar refractivity (Wildman–Crippen MR) is 87.0 cm³/mol. The minimum atomic E-state index is 0.266. The number of nitrogens with zero attached hydrogens (tertiary/aromatic N) is 2. The second kappa shape index (κ2) is 7.54. The number of aromatic nitrogens is 1. The van der Waals surface area contributed by atoms with E-state index in [-0.39, 0.29) is 6.10 Å². The second-order valence-corrected chi connectivity index (χ2v) is 6.94. The van der Waals surface area contributed by atoms with Gasteiger partial charge < -0.3 is 19.7 Å². The van der Waals surface area contributed by atoms with Gasteiger partial charge >= 0.3 is 0 Å². The van der Waals surface area contributed by atoms with Crippen LogP contribution in [0.5, 0.6) is 0 Å². The summed E-state index contributed by atoms with van der Waals surface area (Å²) in [5, 5.41) is 4.52. The summed E-state index contributed by atoms with van der Waals surface area (Å²) in [7, 11) is 3.83. The molecule has 5 nitrogen and oxygen atoms in total. The maximum Gasteiger partial charge on any atom is 0.185 e. The fourth-order valence-electron chi connectivity index (χ4n) is 2.58. The van der Waals surface area contributed by atoms with Gasteiger partial charge in [-0.2, -0.15) is 0 Å². The summed E-state index contributed by atoms with van der Waals surface area (Å²) in [5.74, 6) is 0. The van der Waals surface area contributed by atoms with E-state index in [0.717, 1.165) is 30.4 Å². The van der Waals surface area contributed by atoms with Crippen molar-refractivity contribution in [1.29, 1.82) is 0 Å². The van der Waals surface area contributed by atoms with Gasteiger partial charge in [-0.1, -0.05) is 13.8 Å². The number of ether oxygens (including phenoxy) is 2. The summed E-state index contributed by atoms with van der Waals surface area (Å²) in [6.45, 7) is 8.70. The Bertz CT molecular complexity index is 450. The number of nitrogens with one attached hydrogen (secondary N) is 1. The van der Waals surface area contributed by atoms with Gasteiger partial charge in [0.1, 0.15) is 0 Å². The number of rotatable bonds is 7. The third-order valence-electron chi connectivity index (χ3n) is 3.85. The van der Waals surface area contributed by atoms with E-state index in [1.165, 1.54) is 4.88 Å². The highest BCUT2D eigenvalue weighted by atomic mass is 32.1. The summed E-state index contributed by atoms with van der Waals surface area (Å²) >= 11 is 1.76. The highest BCUT2D eigenvalue weighted by Crippen LogP contribution is 2.30. The van der Waals surface area contributed by atoms with Gasteiger partial charge in [0.05, 0.1) is 24.4 Å². The lowest BCUT2D eigenvalue weighted by Crippen LogP contribution is -2.36. The molecule has 0 bridgehead atoms. The summed E-state index contributed by atoms with van der Waals surface area (Å²) < 4.78 is 11.0. The molecule has 21 heavy (non-hydrogen) atoms. The number of methoxy groups -OCH3 is 1. The van der Waals surface area contributed by atoms with Crippen LogP contribution in [0.2, 0.25) is 0 Å². The van der Waals surface area contributed by atoms with Gasteiger partial charge in [-0.3, -0.25) is 0 Å². The molecule has 1 N–H and O–H groups in total. The van der Waals surface area contributed by atoms with Crippen LogP contribution in [-0.2, 0) is 22.6 Å². The summed E-state index contributed by atoms with van der Waals surface area (Å²) in [5.41, 5.74) is 1.05. The molecule has 0 saturated carbocycles. The van der Waals surface area contributed by atoms with Crippen LogP contribution in [0.15, 0.2) is 0 Å². The molecule has 6 heteroatoms. The molecule has 0 radical (unpaired) electrons. The van der Waals surface area contributed by atoms with E-state index in [2.05, 4.69) is 38.0 Å². The molecule has 2 atom stereocenters. The predicted octanol–water partition coefficient (Wildman–Crippen LogP) is 2.40. The molecule has 2 heterocycles. The lowest BCUT2D eigenvalue weighted by atomic mass is 10.1. The Labute approximate surface area is 131 Å². The van der Waals surface area contributed by atoms with Crippen molar-refractivity contribution in [3.8, 4) is 0 Å². The molecule has 0 aliphatic carbocycles. The van der Waals surface area contributed by atoms with Crippen molar-refractivity contribution in [2.45, 2.75) is 58.5 Å². The Morgan fingerprint density at radius 2 is 2.29 bits per heavy atom. The van der Waals surface area contributed by atoms with Crippen molar-refractivity contribution >= 4 is 16.5 Å². The molecular formula is C15H27N3O2S. The van der Waals surface area contributed by atoms with Crippen LogP contribution in [-0.4, -0.2) is 43.9 Å². The van der Waals surface area contributed by atoms with E-state index < -0.39 is 0 Å². The van der Waals surface area contributed by atoms with Crippen LogP contribution in [0.25, 0.3) is 0 Å². The van der Waals surface area contributed by atoms with E-state index in [9.17, 15) is 0 Å². The van der Waals surface area contributed by atoms with Crippen molar-refractivity contribution in [2.24, 2.45) is 0 Å². The van der Waals surface area contributed by atoms with Gasteiger partial charge in [-0.05, 0) is 13.3 Å². The molecule has 1 aromatic heterocycles. The molecule has 2 rings (SSSR count). The van der Waals surface area contributed by atoms with Crippen LogP contribution in [0.4, 0.5) is 5.13 Å². The lowest BCUT2D eigenvalue weighted by molar-refractivity contribution is 0.118. The third-order valence-corrected chi connectivity index (χ3v) is 5.04. The zero-order valence-corrected chi connectivity index (χ0v) is 14.5. The maximum atomic E-state index is 5.67.